The topological polar surface area (TPSA) is 114 Å². The zero-order chi connectivity index (χ0) is 39.4. The summed E-state index contributed by atoms with van der Waals surface area (Å²) in [5, 5.41) is 4.37. The molecule has 0 radical (unpaired) electrons. The number of alkyl carbamates (subject to hydrolysis) is 1. The van der Waals surface area contributed by atoms with Crippen molar-refractivity contribution >= 4 is 22.0 Å². The first-order chi connectivity index (χ1) is 23.5. The second-order valence-electron chi connectivity index (χ2n) is 13.4. The Labute approximate surface area is 304 Å². The largest absolute Gasteiger partial charge is 0.471 e. The maximum absolute atomic E-state index is 12.1. The molecule has 0 bridgehead atoms. The van der Waals surface area contributed by atoms with Crippen LogP contribution in [0, 0.1) is 26.7 Å². The van der Waals surface area contributed by atoms with Crippen LogP contribution < -0.4 is 15.4 Å². The summed E-state index contributed by atoms with van der Waals surface area (Å²) in [7, 11) is -3.39. The molecule has 3 aromatic carbocycles. The van der Waals surface area contributed by atoms with Gasteiger partial charge in [0, 0.05) is 18.1 Å². The predicted molar refractivity (Wildman–Crippen MR) is 200 cm³/mol. The van der Waals surface area contributed by atoms with E-state index in [0.29, 0.717) is 11.5 Å². The van der Waals surface area contributed by atoms with E-state index in [1.54, 1.807) is 5.32 Å². The van der Waals surface area contributed by atoms with Crippen LogP contribution in [0.1, 0.15) is 89.6 Å². The zero-order valence-corrected chi connectivity index (χ0v) is 32.8. The average molecular weight is 738 g/mol. The van der Waals surface area contributed by atoms with Gasteiger partial charge in [-0.05, 0) is 103 Å². The molecule has 3 aromatic rings. The van der Waals surface area contributed by atoms with Crippen molar-refractivity contribution in [2.24, 2.45) is 5.92 Å². The van der Waals surface area contributed by atoms with Crippen LogP contribution in [0.15, 0.2) is 77.7 Å². The molecule has 2 amide bonds. The van der Waals surface area contributed by atoms with Crippen LogP contribution >= 0.6 is 0 Å². The van der Waals surface area contributed by atoms with Crippen molar-refractivity contribution in [2.45, 2.75) is 125 Å². The van der Waals surface area contributed by atoms with E-state index in [1.807, 2.05) is 90.9 Å². The first kappa shape index (κ1) is 47.1. The van der Waals surface area contributed by atoms with Gasteiger partial charge in [-0.1, -0.05) is 92.2 Å². The van der Waals surface area contributed by atoms with Crippen LogP contribution in [0.2, 0.25) is 0 Å². The van der Waals surface area contributed by atoms with Crippen molar-refractivity contribution in [1.82, 2.24) is 15.4 Å². The molecule has 0 heterocycles. The van der Waals surface area contributed by atoms with E-state index in [0.717, 1.165) is 28.2 Å². The number of carbonyl (C=O) groups excluding carboxylic acids is 2. The standard InChI is InChI=1S/C12H19NO2S.C11H15NO2.C11H16.C5H8F3NO/c1-8(2)13-16(14,15)12-10(4)6-9(3)7-11(12)5;1-9(2)12-11(13)14-8-10-6-4-3-5-7-10;1-10(2)8-9-11-6-4-3-5-7-11;1-3(2)9-4(10)5(6,7)8/h6-8,13H,1-5H3;3-7,9H,8H2,1-2H3,(H,12,13);3-7,10H,8-9H2,1-2H3;3H,1-2H3,(H,9,10). The Bertz CT molecular complexity index is 1520. The van der Waals surface area contributed by atoms with E-state index >= 15 is 0 Å². The third-order valence-corrected chi connectivity index (χ3v) is 8.38. The Morgan fingerprint density at radius 3 is 1.53 bits per heavy atom. The molecule has 286 valence electrons. The minimum absolute atomic E-state index is 0.0925. The first-order valence-corrected chi connectivity index (χ1v) is 18.5. The average Bonchev–Trinajstić information content (AvgIpc) is 2.98. The molecule has 0 saturated carbocycles. The van der Waals surface area contributed by atoms with Gasteiger partial charge in [0.05, 0.1) is 4.90 Å². The smallest absolute Gasteiger partial charge is 0.445 e. The van der Waals surface area contributed by atoms with Gasteiger partial charge < -0.3 is 15.4 Å². The van der Waals surface area contributed by atoms with E-state index in [4.69, 9.17) is 4.74 Å². The molecule has 3 N–H and O–H groups in total. The van der Waals surface area contributed by atoms with Crippen molar-refractivity contribution in [3.8, 4) is 0 Å². The Kier molecular flexibility index (Phi) is 21.7. The molecule has 0 aliphatic heterocycles. The van der Waals surface area contributed by atoms with Crippen LogP contribution in [0.4, 0.5) is 18.0 Å². The molecule has 0 fully saturated rings. The summed E-state index contributed by atoms with van der Waals surface area (Å²) in [4.78, 5) is 21.5. The van der Waals surface area contributed by atoms with Crippen LogP contribution in [-0.2, 0) is 32.6 Å². The van der Waals surface area contributed by atoms with Gasteiger partial charge in [-0.25, -0.2) is 17.9 Å². The van der Waals surface area contributed by atoms with E-state index in [-0.39, 0.29) is 18.2 Å². The van der Waals surface area contributed by atoms with Crippen LogP contribution in [-0.4, -0.2) is 44.7 Å². The number of benzene rings is 3. The highest BCUT2D eigenvalue weighted by Gasteiger charge is 2.38. The van der Waals surface area contributed by atoms with Crippen LogP contribution in [0.25, 0.3) is 0 Å². The van der Waals surface area contributed by atoms with E-state index < -0.39 is 28.1 Å². The lowest BCUT2D eigenvalue weighted by molar-refractivity contribution is -0.174. The lowest BCUT2D eigenvalue weighted by Crippen LogP contribution is -2.40. The Morgan fingerprint density at radius 1 is 0.706 bits per heavy atom. The SMILES string of the molecule is CC(C)CCc1ccccc1.CC(C)NC(=O)C(F)(F)F.CC(C)NC(=O)OCc1ccccc1.Cc1cc(C)c(S(=O)(=O)NC(C)C)c(C)c1. The number of rotatable bonds is 10. The molecule has 0 unspecified atom stereocenters. The van der Waals surface area contributed by atoms with E-state index in [2.05, 4.69) is 54.2 Å². The summed E-state index contributed by atoms with van der Waals surface area (Å²) in [5.41, 5.74) is 5.13. The fourth-order valence-electron chi connectivity index (χ4n) is 4.40. The lowest BCUT2D eigenvalue weighted by Gasteiger charge is -2.14. The molecule has 0 atom stereocenters. The van der Waals surface area contributed by atoms with Gasteiger partial charge in [0.15, 0.2) is 0 Å². The molecule has 0 saturated heterocycles. The number of aryl methyl sites for hydroxylation is 4. The molecule has 51 heavy (non-hydrogen) atoms. The van der Waals surface area contributed by atoms with Crippen molar-refractivity contribution in [2.75, 3.05) is 0 Å². The molecular formula is C39H58F3N3O5S. The first-order valence-electron chi connectivity index (χ1n) is 17.0. The zero-order valence-electron chi connectivity index (χ0n) is 31.9. The van der Waals surface area contributed by atoms with Gasteiger partial charge in [0.25, 0.3) is 0 Å². The fourth-order valence-corrected chi connectivity index (χ4v) is 6.11. The Balaban J connectivity index is 0.000000665. The summed E-state index contributed by atoms with van der Waals surface area (Å²) >= 11 is 0. The van der Waals surface area contributed by atoms with E-state index in [1.165, 1.54) is 32.3 Å². The quantitative estimate of drug-likeness (QED) is 0.192. The number of hydrogen-bond acceptors (Lipinski definition) is 5. The second-order valence-corrected chi connectivity index (χ2v) is 15.1. The fraction of sp³-hybridized carbons (Fsp3) is 0.487. The summed E-state index contributed by atoms with van der Waals surface area (Å²) < 4.78 is 66.0. The number of hydrogen-bond donors (Lipinski definition) is 3. The molecular weight excluding hydrogens is 680 g/mol. The maximum atomic E-state index is 12.1. The van der Waals surface area contributed by atoms with Gasteiger partial charge in [-0.3, -0.25) is 4.79 Å². The Morgan fingerprint density at radius 2 is 1.16 bits per heavy atom. The number of ether oxygens (including phenoxy) is 1. The maximum Gasteiger partial charge on any atom is 0.471 e. The third-order valence-electron chi connectivity index (χ3n) is 6.41. The lowest BCUT2D eigenvalue weighted by atomic mass is 10.0. The molecule has 0 aromatic heterocycles. The minimum Gasteiger partial charge on any atom is -0.445 e. The van der Waals surface area contributed by atoms with Crippen molar-refractivity contribution < 1.29 is 35.9 Å². The van der Waals surface area contributed by atoms with Crippen LogP contribution in [0.3, 0.4) is 0 Å². The van der Waals surface area contributed by atoms with Crippen molar-refractivity contribution in [3.05, 3.63) is 101 Å². The molecule has 8 nitrogen and oxygen atoms in total. The number of amides is 2. The number of carbonyl (C=O) groups is 2. The minimum atomic E-state index is -4.76. The monoisotopic (exact) mass is 737 g/mol. The molecule has 0 spiro atoms. The molecule has 0 aliphatic rings. The highest BCUT2D eigenvalue weighted by molar-refractivity contribution is 7.89. The van der Waals surface area contributed by atoms with Crippen LogP contribution in [0.5, 0.6) is 0 Å². The van der Waals surface area contributed by atoms with Gasteiger partial charge in [-0.2, -0.15) is 13.2 Å². The number of nitrogens with one attached hydrogen (secondary N) is 3. The molecule has 3 rings (SSSR count). The van der Waals surface area contributed by atoms with Crippen molar-refractivity contribution in [3.63, 3.8) is 0 Å². The summed E-state index contributed by atoms with van der Waals surface area (Å²) in [6, 6.07) is 23.6. The van der Waals surface area contributed by atoms with Gasteiger partial charge in [0.2, 0.25) is 10.0 Å². The summed E-state index contributed by atoms with van der Waals surface area (Å²) in [5.74, 6) is -1.07. The van der Waals surface area contributed by atoms with Gasteiger partial charge >= 0.3 is 18.2 Å². The highest BCUT2D eigenvalue weighted by atomic mass is 32.2. The summed E-state index contributed by atoms with van der Waals surface area (Å²) in [6.45, 7) is 20.8. The number of sulfonamides is 1. The Hall–Kier alpha value is -3.90. The third kappa shape index (κ3) is 22.5. The van der Waals surface area contributed by atoms with Gasteiger partial charge in [-0.15, -0.1) is 0 Å². The normalized spacial score (nSPS) is 11.1. The van der Waals surface area contributed by atoms with Gasteiger partial charge in [0.1, 0.15) is 6.61 Å². The number of halogens is 3. The number of alkyl halides is 3. The van der Waals surface area contributed by atoms with Crippen molar-refractivity contribution in [1.29, 1.82) is 0 Å². The highest BCUT2D eigenvalue weighted by Crippen LogP contribution is 2.21. The molecule has 12 heteroatoms. The van der Waals surface area contributed by atoms with E-state index in [9.17, 15) is 31.2 Å². The summed E-state index contributed by atoms with van der Waals surface area (Å²) in [6.07, 6.45) is -2.61. The second kappa shape index (κ2) is 23.6. The predicted octanol–water partition coefficient (Wildman–Crippen LogP) is 8.97. The molecule has 0 aliphatic carbocycles.